The van der Waals surface area contributed by atoms with Crippen LogP contribution in [0.1, 0.15) is 44.7 Å². The fourth-order valence-corrected chi connectivity index (χ4v) is 3.45. The van der Waals surface area contributed by atoms with E-state index in [1.165, 1.54) is 17.1 Å². The van der Waals surface area contributed by atoms with Crippen LogP contribution >= 0.6 is 0 Å². The molecule has 1 aromatic carbocycles. The van der Waals surface area contributed by atoms with Gasteiger partial charge in [0, 0.05) is 6.04 Å². The largest absolute Gasteiger partial charge is 0.352 e. The van der Waals surface area contributed by atoms with Crippen LogP contribution in [0.2, 0.25) is 0 Å². The SMILES string of the molecule is Cc1cc(C)cc(-n2ncc3c(=O)n(CC(=O)NC(C)CCC(C)C)cnc32)c1. The maximum atomic E-state index is 12.8. The topological polar surface area (TPSA) is 81.8 Å². The molecule has 0 bridgehead atoms. The van der Waals surface area contributed by atoms with Crippen molar-refractivity contribution >= 4 is 16.9 Å². The number of benzene rings is 1. The molecule has 2 aromatic heterocycles. The molecule has 1 N–H and O–H groups in total. The van der Waals surface area contributed by atoms with Gasteiger partial charge in [0.1, 0.15) is 18.3 Å². The summed E-state index contributed by atoms with van der Waals surface area (Å²) in [5, 5.41) is 7.71. The van der Waals surface area contributed by atoms with Crippen LogP contribution in [-0.2, 0) is 11.3 Å². The van der Waals surface area contributed by atoms with E-state index in [4.69, 9.17) is 0 Å². The zero-order valence-corrected chi connectivity index (χ0v) is 17.8. The van der Waals surface area contributed by atoms with Gasteiger partial charge in [-0.3, -0.25) is 14.2 Å². The maximum absolute atomic E-state index is 12.8. The third-order valence-electron chi connectivity index (χ3n) is 4.90. The molecule has 0 saturated heterocycles. The molecular formula is C22H29N5O2. The number of fused-ring (bicyclic) bond motifs is 1. The summed E-state index contributed by atoms with van der Waals surface area (Å²) in [5.74, 6) is 0.406. The van der Waals surface area contributed by atoms with E-state index in [0.717, 1.165) is 29.7 Å². The third-order valence-corrected chi connectivity index (χ3v) is 4.90. The van der Waals surface area contributed by atoms with Crippen molar-refractivity contribution in [2.45, 2.75) is 60.0 Å². The van der Waals surface area contributed by atoms with Crippen molar-refractivity contribution in [1.82, 2.24) is 24.6 Å². The summed E-state index contributed by atoms with van der Waals surface area (Å²) >= 11 is 0. The normalized spacial score (nSPS) is 12.5. The molecule has 0 fully saturated rings. The summed E-state index contributed by atoms with van der Waals surface area (Å²) < 4.78 is 3.00. The van der Waals surface area contributed by atoms with Crippen LogP contribution in [0.5, 0.6) is 0 Å². The lowest BCUT2D eigenvalue weighted by Crippen LogP contribution is -2.37. The van der Waals surface area contributed by atoms with Gasteiger partial charge in [-0.2, -0.15) is 5.10 Å². The van der Waals surface area contributed by atoms with Gasteiger partial charge in [0.2, 0.25) is 5.91 Å². The smallest absolute Gasteiger partial charge is 0.264 e. The number of rotatable bonds is 7. The molecule has 29 heavy (non-hydrogen) atoms. The number of amides is 1. The van der Waals surface area contributed by atoms with Crippen molar-refractivity contribution < 1.29 is 4.79 Å². The molecule has 0 saturated carbocycles. The van der Waals surface area contributed by atoms with E-state index in [9.17, 15) is 9.59 Å². The molecule has 7 heteroatoms. The van der Waals surface area contributed by atoms with E-state index in [1.54, 1.807) is 4.68 Å². The van der Waals surface area contributed by atoms with Crippen molar-refractivity contribution in [2.24, 2.45) is 5.92 Å². The molecule has 154 valence electrons. The van der Waals surface area contributed by atoms with Gasteiger partial charge in [0.15, 0.2) is 5.65 Å². The van der Waals surface area contributed by atoms with Crippen LogP contribution in [0.4, 0.5) is 0 Å². The van der Waals surface area contributed by atoms with Gasteiger partial charge < -0.3 is 5.32 Å². The highest BCUT2D eigenvalue weighted by Gasteiger charge is 2.15. The Bertz CT molecular complexity index is 1060. The van der Waals surface area contributed by atoms with E-state index in [0.29, 0.717) is 17.0 Å². The highest BCUT2D eigenvalue weighted by molar-refractivity contribution is 5.78. The molecule has 0 spiro atoms. The Hall–Kier alpha value is -2.96. The van der Waals surface area contributed by atoms with E-state index in [-0.39, 0.29) is 24.1 Å². The van der Waals surface area contributed by atoms with Crippen LogP contribution < -0.4 is 10.9 Å². The summed E-state index contributed by atoms with van der Waals surface area (Å²) in [6.45, 7) is 10.3. The second-order valence-electron chi connectivity index (χ2n) is 8.26. The minimum atomic E-state index is -0.268. The van der Waals surface area contributed by atoms with Crippen molar-refractivity contribution in [3.05, 3.63) is 52.2 Å². The molecule has 3 rings (SSSR count). The number of nitrogens with one attached hydrogen (secondary N) is 1. The van der Waals surface area contributed by atoms with Crippen LogP contribution in [-0.4, -0.2) is 31.3 Å². The molecule has 3 aromatic rings. The number of carbonyl (C=O) groups excluding carboxylic acids is 1. The summed E-state index contributed by atoms with van der Waals surface area (Å²) in [5.41, 5.74) is 3.30. The summed E-state index contributed by atoms with van der Waals surface area (Å²) in [7, 11) is 0. The van der Waals surface area contributed by atoms with Gasteiger partial charge in [-0.15, -0.1) is 0 Å². The van der Waals surface area contributed by atoms with Gasteiger partial charge in [-0.25, -0.2) is 9.67 Å². The van der Waals surface area contributed by atoms with Gasteiger partial charge in [0.25, 0.3) is 5.56 Å². The number of aryl methyl sites for hydroxylation is 2. The Labute approximate surface area is 170 Å². The van der Waals surface area contributed by atoms with Crippen molar-refractivity contribution in [3.8, 4) is 5.69 Å². The fraction of sp³-hybridized carbons (Fsp3) is 0.455. The van der Waals surface area contributed by atoms with Crippen LogP contribution in [0, 0.1) is 19.8 Å². The molecule has 7 nitrogen and oxygen atoms in total. The first kappa shape index (κ1) is 20.8. The molecule has 1 unspecified atom stereocenters. The highest BCUT2D eigenvalue weighted by atomic mass is 16.2. The molecule has 0 radical (unpaired) electrons. The predicted octanol–water partition coefficient (Wildman–Crippen LogP) is 3.14. The van der Waals surface area contributed by atoms with Crippen LogP contribution in [0.15, 0.2) is 35.5 Å². The summed E-state index contributed by atoms with van der Waals surface area (Å²) in [6, 6.07) is 6.15. The molecular weight excluding hydrogens is 366 g/mol. The predicted molar refractivity (Wildman–Crippen MR) is 114 cm³/mol. The lowest BCUT2D eigenvalue weighted by atomic mass is 10.0. The van der Waals surface area contributed by atoms with Gasteiger partial charge in [0.05, 0.1) is 11.9 Å². The Morgan fingerprint density at radius 3 is 2.45 bits per heavy atom. The Kier molecular flexibility index (Phi) is 6.15. The van der Waals surface area contributed by atoms with E-state index >= 15 is 0 Å². The zero-order chi connectivity index (χ0) is 21.1. The Morgan fingerprint density at radius 1 is 1.10 bits per heavy atom. The molecule has 1 atom stereocenters. The van der Waals surface area contributed by atoms with E-state index in [1.807, 2.05) is 32.9 Å². The van der Waals surface area contributed by atoms with E-state index in [2.05, 4.69) is 35.3 Å². The third kappa shape index (κ3) is 4.91. The summed E-state index contributed by atoms with van der Waals surface area (Å²) in [6.07, 6.45) is 4.90. The Balaban J connectivity index is 1.81. The molecule has 1 amide bonds. The number of aromatic nitrogens is 4. The minimum Gasteiger partial charge on any atom is -0.352 e. The quantitative estimate of drug-likeness (QED) is 0.666. The van der Waals surface area contributed by atoms with Gasteiger partial charge in [-0.1, -0.05) is 19.9 Å². The van der Waals surface area contributed by atoms with Crippen molar-refractivity contribution in [1.29, 1.82) is 0 Å². The Morgan fingerprint density at radius 2 is 1.79 bits per heavy atom. The zero-order valence-electron chi connectivity index (χ0n) is 17.8. The van der Waals surface area contributed by atoms with Gasteiger partial charge >= 0.3 is 0 Å². The minimum absolute atomic E-state index is 0.0531. The average molecular weight is 396 g/mol. The van der Waals surface area contributed by atoms with Crippen LogP contribution in [0.3, 0.4) is 0 Å². The molecule has 0 aliphatic rings. The van der Waals surface area contributed by atoms with Crippen molar-refractivity contribution in [2.75, 3.05) is 0 Å². The number of hydrogen-bond acceptors (Lipinski definition) is 4. The standard InChI is InChI=1S/C22H29N5O2/c1-14(2)6-7-17(5)25-20(28)12-26-13-23-21-19(22(26)29)11-24-27(21)18-9-15(3)8-16(4)10-18/h8-11,13-14,17H,6-7,12H2,1-5H3,(H,25,28). The molecule has 0 aliphatic heterocycles. The lowest BCUT2D eigenvalue weighted by molar-refractivity contribution is -0.122. The highest BCUT2D eigenvalue weighted by Crippen LogP contribution is 2.17. The first-order valence-electron chi connectivity index (χ1n) is 10.1. The van der Waals surface area contributed by atoms with Crippen LogP contribution in [0.25, 0.3) is 16.7 Å². The average Bonchev–Trinajstić information content (AvgIpc) is 3.06. The fourth-order valence-electron chi connectivity index (χ4n) is 3.45. The van der Waals surface area contributed by atoms with Gasteiger partial charge in [-0.05, 0) is 62.8 Å². The number of hydrogen-bond donors (Lipinski definition) is 1. The van der Waals surface area contributed by atoms with E-state index < -0.39 is 0 Å². The number of nitrogens with zero attached hydrogens (tertiary/aromatic N) is 4. The molecule has 2 heterocycles. The first-order chi connectivity index (χ1) is 13.7. The maximum Gasteiger partial charge on any atom is 0.264 e. The summed E-state index contributed by atoms with van der Waals surface area (Å²) in [4.78, 5) is 29.6. The monoisotopic (exact) mass is 395 g/mol. The second-order valence-corrected chi connectivity index (χ2v) is 8.26. The second kappa shape index (κ2) is 8.59. The molecule has 0 aliphatic carbocycles. The lowest BCUT2D eigenvalue weighted by Gasteiger charge is -2.15. The van der Waals surface area contributed by atoms with Crippen molar-refractivity contribution in [3.63, 3.8) is 0 Å². The first-order valence-corrected chi connectivity index (χ1v) is 10.1. The number of carbonyl (C=O) groups is 1.